The maximum atomic E-state index is 12.2. The zero-order valence-corrected chi connectivity index (χ0v) is 17.2. The molecule has 0 heterocycles. The van der Waals surface area contributed by atoms with E-state index in [4.69, 9.17) is 9.47 Å². The van der Waals surface area contributed by atoms with Crippen LogP contribution in [-0.2, 0) is 23.9 Å². The summed E-state index contributed by atoms with van der Waals surface area (Å²) in [6.45, 7) is 8.90. The SMILES string of the molecule is CC(C)OCC(=O)NC1CCC(C(=O)NCCOCCC(=O)C(C)C)CC1. The average molecular weight is 385 g/mol. The van der Waals surface area contributed by atoms with Crippen LogP contribution in [0.2, 0.25) is 0 Å². The molecule has 2 N–H and O–H groups in total. The number of amides is 2. The van der Waals surface area contributed by atoms with Crippen LogP contribution in [-0.4, -0.2) is 56.1 Å². The predicted octanol–water partition coefficient (Wildman–Crippen LogP) is 1.83. The molecule has 0 unspecified atom stereocenters. The van der Waals surface area contributed by atoms with E-state index < -0.39 is 0 Å². The molecule has 0 atom stereocenters. The van der Waals surface area contributed by atoms with Gasteiger partial charge in [0.25, 0.3) is 0 Å². The molecule has 7 nitrogen and oxygen atoms in total. The maximum Gasteiger partial charge on any atom is 0.246 e. The van der Waals surface area contributed by atoms with Gasteiger partial charge < -0.3 is 20.1 Å². The van der Waals surface area contributed by atoms with Gasteiger partial charge in [-0.2, -0.15) is 0 Å². The van der Waals surface area contributed by atoms with Crippen molar-refractivity contribution >= 4 is 17.6 Å². The summed E-state index contributed by atoms with van der Waals surface area (Å²) in [5, 5.41) is 5.87. The van der Waals surface area contributed by atoms with Crippen molar-refractivity contribution in [1.29, 1.82) is 0 Å². The summed E-state index contributed by atoms with van der Waals surface area (Å²) in [4.78, 5) is 35.5. The van der Waals surface area contributed by atoms with E-state index in [1.54, 1.807) is 0 Å². The highest BCUT2D eigenvalue weighted by molar-refractivity contribution is 5.80. The second-order valence-corrected chi connectivity index (χ2v) is 7.75. The van der Waals surface area contributed by atoms with E-state index in [1.165, 1.54) is 0 Å². The number of hydrogen-bond donors (Lipinski definition) is 2. The molecule has 0 bridgehead atoms. The quantitative estimate of drug-likeness (QED) is 0.501. The lowest BCUT2D eigenvalue weighted by Gasteiger charge is -2.28. The molecule has 27 heavy (non-hydrogen) atoms. The minimum atomic E-state index is -0.0929. The largest absolute Gasteiger partial charge is 0.379 e. The topological polar surface area (TPSA) is 93.7 Å². The molecular weight excluding hydrogens is 348 g/mol. The van der Waals surface area contributed by atoms with Gasteiger partial charge >= 0.3 is 0 Å². The summed E-state index contributed by atoms with van der Waals surface area (Å²) in [6, 6.07) is 0.124. The van der Waals surface area contributed by atoms with Gasteiger partial charge in [0.15, 0.2) is 0 Å². The van der Waals surface area contributed by atoms with Crippen LogP contribution in [0, 0.1) is 11.8 Å². The molecule has 0 aromatic carbocycles. The molecule has 2 amide bonds. The van der Waals surface area contributed by atoms with Crippen molar-refractivity contribution in [3.63, 3.8) is 0 Å². The molecule has 1 aliphatic rings. The normalized spacial score (nSPS) is 19.9. The van der Waals surface area contributed by atoms with Gasteiger partial charge in [0.2, 0.25) is 11.8 Å². The fraction of sp³-hybridized carbons (Fsp3) is 0.850. The molecule has 0 aromatic heterocycles. The third-order valence-corrected chi connectivity index (χ3v) is 4.69. The van der Waals surface area contributed by atoms with E-state index in [0.717, 1.165) is 25.7 Å². The number of rotatable bonds is 12. The van der Waals surface area contributed by atoms with Gasteiger partial charge in [-0.25, -0.2) is 0 Å². The molecule has 1 aliphatic carbocycles. The zero-order chi connectivity index (χ0) is 20.2. The minimum Gasteiger partial charge on any atom is -0.379 e. The number of Topliss-reactive ketones (excluding diaryl/α,β-unsaturated/α-hetero) is 1. The smallest absolute Gasteiger partial charge is 0.246 e. The number of hydrogen-bond acceptors (Lipinski definition) is 5. The molecule has 1 rings (SSSR count). The Hall–Kier alpha value is -1.47. The van der Waals surface area contributed by atoms with Crippen LogP contribution in [0.3, 0.4) is 0 Å². The van der Waals surface area contributed by atoms with Gasteiger partial charge in [0.05, 0.1) is 19.3 Å². The highest BCUT2D eigenvalue weighted by Crippen LogP contribution is 2.24. The summed E-state index contributed by atoms with van der Waals surface area (Å²) in [6.07, 6.45) is 3.61. The Kier molecular flexibility index (Phi) is 11.2. The van der Waals surface area contributed by atoms with E-state index in [2.05, 4.69) is 10.6 Å². The highest BCUT2D eigenvalue weighted by atomic mass is 16.5. The molecular formula is C20H36N2O5. The van der Waals surface area contributed by atoms with Gasteiger partial charge in [-0.1, -0.05) is 13.8 Å². The van der Waals surface area contributed by atoms with Crippen LogP contribution in [0.15, 0.2) is 0 Å². The Balaban J connectivity index is 2.10. The first-order chi connectivity index (χ1) is 12.8. The van der Waals surface area contributed by atoms with Crippen molar-refractivity contribution < 1.29 is 23.9 Å². The summed E-state index contributed by atoms with van der Waals surface area (Å²) in [7, 11) is 0. The van der Waals surface area contributed by atoms with Crippen LogP contribution in [0.1, 0.15) is 59.8 Å². The summed E-state index contributed by atoms with van der Waals surface area (Å²) in [5.41, 5.74) is 0. The number of nitrogens with one attached hydrogen (secondary N) is 2. The van der Waals surface area contributed by atoms with Gasteiger partial charge in [-0.05, 0) is 39.5 Å². The van der Waals surface area contributed by atoms with Crippen LogP contribution < -0.4 is 10.6 Å². The molecule has 156 valence electrons. The molecule has 1 saturated carbocycles. The molecule has 7 heteroatoms. The van der Waals surface area contributed by atoms with Gasteiger partial charge in [-0.15, -0.1) is 0 Å². The second kappa shape index (κ2) is 12.8. The van der Waals surface area contributed by atoms with Gasteiger partial charge in [0, 0.05) is 30.8 Å². The number of carbonyl (C=O) groups is 3. The minimum absolute atomic E-state index is 0.00687. The monoisotopic (exact) mass is 384 g/mol. The highest BCUT2D eigenvalue weighted by Gasteiger charge is 2.26. The van der Waals surface area contributed by atoms with Gasteiger partial charge in [0.1, 0.15) is 12.4 Å². The van der Waals surface area contributed by atoms with Crippen molar-refractivity contribution in [1.82, 2.24) is 10.6 Å². The lowest BCUT2D eigenvalue weighted by molar-refractivity contribution is -0.128. The van der Waals surface area contributed by atoms with Crippen molar-refractivity contribution in [3.05, 3.63) is 0 Å². The molecule has 0 spiro atoms. The van der Waals surface area contributed by atoms with E-state index in [0.29, 0.717) is 26.2 Å². The third-order valence-electron chi connectivity index (χ3n) is 4.69. The second-order valence-electron chi connectivity index (χ2n) is 7.75. The first-order valence-corrected chi connectivity index (χ1v) is 10.1. The van der Waals surface area contributed by atoms with Crippen molar-refractivity contribution in [2.24, 2.45) is 11.8 Å². The Bertz CT molecular complexity index is 471. The van der Waals surface area contributed by atoms with Crippen molar-refractivity contribution in [2.75, 3.05) is 26.4 Å². The van der Waals surface area contributed by atoms with Crippen LogP contribution in [0.5, 0.6) is 0 Å². The Morgan fingerprint density at radius 2 is 1.67 bits per heavy atom. The van der Waals surface area contributed by atoms with Crippen LogP contribution in [0.4, 0.5) is 0 Å². The first kappa shape index (κ1) is 23.6. The van der Waals surface area contributed by atoms with Gasteiger partial charge in [-0.3, -0.25) is 14.4 Å². The fourth-order valence-electron chi connectivity index (χ4n) is 2.97. The number of ether oxygens (including phenoxy) is 2. The summed E-state index contributed by atoms with van der Waals surface area (Å²) >= 11 is 0. The fourth-order valence-corrected chi connectivity index (χ4v) is 2.97. The Morgan fingerprint density at radius 3 is 2.26 bits per heavy atom. The molecule has 0 saturated heterocycles. The van der Waals surface area contributed by atoms with E-state index in [9.17, 15) is 14.4 Å². The van der Waals surface area contributed by atoms with Crippen molar-refractivity contribution in [2.45, 2.75) is 71.9 Å². The number of ketones is 1. The molecule has 0 aliphatic heterocycles. The lowest BCUT2D eigenvalue weighted by atomic mass is 9.85. The Labute approximate surface area is 162 Å². The van der Waals surface area contributed by atoms with E-state index in [1.807, 2.05) is 27.7 Å². The standard InChI is InChI=1S/C20H36N2O5/c1-14(2)18(23)9-11-26-12-10-21-20(25)16-5-7-17(8-6-16)22-19(24)13-27-15(3)4/h14-17H,5-13H2,1-4H3,(H,21,25)(H,22,24). The zero-order valence-electron chi connectivity index (χ0n) is 17.2. The van der Waals surface area contributed by atoms with E-state index >= 15 is 0 Å². The first-order valence-electron chi connectivity index (χ1n) is 10.1. The summed E-state index contributed by atoms with van der Waals surface area (Å²) < 4.78 is 10.7. The molecule has 1 fully saturated rings. The van der Waals surface area contributed by atoms with Crippen molar-refractivity contribution in [3.8, 4) is 0 Å². The number of carbonyl (C=O) groups excluding carboxylic acids is 3. The van der Waals surface area contributed by atoms with E-state index in [-0.39, 0.29) is 48.2 Å². The summed E-state index contributed by atoms with van der Waals surface area (Å²) in [5.74, 6) is 0.177. The Morgan fingerprint density at radius 1 is 1.00 bits per heavy atom. The predicted molar refractivity (Wildman–Crippen MR) is 103 cm³/mol. The maximum absolute atomic E-state index is 12.2. The lowest BCUT2D eigenvalue weighted by Crippen LogP contribution is -2.42. The third kappa shape index (κ3) is 10.4. The average Bonchev–Trinajstić information content (AvgIpc) is 2.62. The van der Waals surface area contributed by atoms with Crippen LogP contribution >= 0.6 is 0 Å². The molecule has 0 aromatic rings. The molecule has 0 radical (unpaired) electrons. The van der Waals surface area contributed by atoms with Crippen LogP contribution in [0.25, 0.3) is 0 Å².